The number of halogens is 1. The molecule has 8 nitrogen and oxygen atoms in total. The molecule has 0 aliphatic carbocycles. The molecule has 0 radical (unpaired) electrons. The maximum absolute atomic E-state index is 14.1. The molecule has 0 fully saturated rings. The number of anilines is 1. The van der Waals surface area contributed by atoms with Crippen LogP contribution >= 0.6 is 0 Å². The van der Waals surface area contributed by atoms with Crippen LogP contribution in [-0.4, -0.2) is 32.2 Å². The van der Waals surface area contributed by atoms with Gasteiger partial charge >= 0.3 is 5.97 Å². The van der Waals surface area contributed by atoms with E-state index < -0.39 is 29.2 Å². The highest BCUT2D eigenvalue weighted by molar-refractivity contribution is 6.10. The van der Waals surface area contributed by atoms with Gasteiger partial charge in [0.2, 0.25) is 5.76 Å². The lowest BCUT2D eigenvalue weighted by Gasteiger charge is -2.26. The Balaban J connectivity index is 1.64. The predicted octanol–water partition coefficient (Wildman–Crippen LogP) is 6.21. The van der Waals surface area contributed by atoms with Crippen LogP contribution < -0.4 is 19.8 Å². The lowest BCUT2D eigenvalue weighted by atomic mass is 9.97. The molecule has 1 aliphatic heterocycles. The molecular formula is C32H28FNO7. The summed E-state index contributed by atoms with van der Waals surface area (Å²) in [5.74, 6) is -0.945. The van der Waals surface area contributed by atoms with Gasteiger partial charge in [0.05, 0.1) is 36.3 Å². The molecule has 9 heteroatoms. The van der Waals surface area contributed by atoms with Gasteiger partial charge in [-0.1, -0.05) is 32.1 Å². The summed E-state index contributed by atoms with van der Waals surface area (Å²) < 4.78 is 36.5. The highest BCUT2D eigenvalue weighted by Gasteiger charge is 2.44. The molecule has 4 aromatic rings. The number of carbonyl (C=O) groups is 2. The van der Waals surface area contributed by atoms with Gasteiger partial charge in [-0.25, -0.2) is 9.18 Å². The molecule has 1 unspecified atom stereocenters. The van der Waals surface area contributed by atoms with Crippen LogP contribution in [0.1, 0.15) is 57.8 Å². The summed E-state index contributed by atoms with van der Waals surface area (Å²) in [6, 6.07) is 14.0. The van der Waals surface area contributed by atoms with E-state index in [0.29, 0.717) is 34.9 Å². The highest BCUT2D eigenvalue weighted by Crippen LogP contribution is 2.43. The number of unbranched alkanes of at least 4 members (excludes halogenated alkanes) is 1. The fourth-order valence-electron chi connectivity index (χ4n) is 4.80. The number of rotatable bonds is 10. The average molecular weight is 558 g/mol. The number of hydrogen-bond acceptors (Lipinski definition) is 7. The number of methoxy groups -OCH3 is 1. The number of hydrogen-bond donors (Lipinski definition) is 0. The minimum atomic E-state index is -0.939. The van der Waals surface area contributed by atoms with E-state index in [-0.39, 0.29) is 28.9 Å². The Kier molecular flexibility index (Phi) is 7.87. The number of esters is 1. The van der Waals surface area contributed by atoms with Gasteiger partial charge < -0.3 is 18.6 Å². The van der Waals surface area contributed by atoms with Crippen molar-refractivity contribution in [3.8, 4) is 11.5 Å². The summed E-state index contributed by atoms with van der Waals surface area (Å²) in [6.07, 6.45) is 3.25. The van der Waals surface area contributed by atoms with Crippen molar-refractivity contribution in [1.29, 1.82) is 0 Å². The van der Waals surface area contributed by atoms with E-state index >= 15 is 0 Å². The highest BCUT2D eigenvalue weighted by atomic mass is 19.1. The fourth-order valence-corrected chi connectivity index (χ4v) is 4.80. The molecule has 41 heavy (non-hydrogen) atoms. The van der Waals surface area contributed by atoms with Crippen molar-refractivity contribution in [3.05, 3.63) is 112 Å². The molecule has 0 spiro atoms. The summed E-state index contributed by atoms with van der Waals surface area (Å²) in [6.45, 7) is 6.22. The second kappa shape index (κ2) is 11.7. The Morgan fingerprint density at radius 2 is 1.85 bits per heavy atom. The monoisotopic (exact) mass is 557 g/mol. The number of ether oxygens (including phenoxy) is 3. The first kappa shape index (κ1) is 27.6. The molecule has 3 aromatic carbocycles. The van der Waals surface area contributed by atoms with Crippen molar-refractivity contribution in [2.24, 2.45) is 0 Å². The zero-order chi connectivity index (χ0) is 29.1. The number of fused-ring (bicyclic) bond motifs is 2. The molecule has 1 aromatic heterocycles. The maximum Gasteiger partial charge on any atom is 0.338 e. The van der Waals surface area contributed by atoms with E-state index in [4.69, 9.17) is 18.6 Å². The van der Waals surface area contributed by atoms with Crippen molar-refractivity contribution < 1.29 is 32.6 Å². The standard InChI is InChI=1S/C32H28FNO7/c1-4-6-16-40-32(37)19-7-11-22(12-8-19)34-28(20-9-13-25(39-15-5-2)26(17-20)38-3)27-29(35)23-18-21(33)10-14-24(23)41-30(27)31(34)36/h5,7-14,17-18,28H,2,4,6,15-16H2,1,3H3. The Hall–Kier alpha value is -4.92. The van der Waals surface area contributed by atoms with Gasteiger partial charge in [-0.15, -0.1) is 0 Å². The van der Waals surface area contributed by atoms with Crippen molar-refractivity contribution in [2.75, 3.05) is 25.2 Å². The number of benzene rings is 3. The maximum atomic E-state index is 14.1. The first-order chi connectivity index (χ1) is 19.9. The lowest BCUT2D eigenvalue weighted by Crippen LogP contribution is -2.29. The second-order valence-corrected chi connectivity index (χ2v) is 9.44. The summed E-state index contributed by atoms with van der Waals surface area (Å²) in [5.41, 5.74) is 0.913. The number of amides is 1. The third-order valence-corrected chi connectivity index (χ3v) is 6.80. The van der Waals surface area contributed by atoms with E-state index in [9.17, 15) is 18.8 Å². The van der Waals surface area contributed by atoms with Gasteiger partial charge in [0.15, 0.2) is 16.9 Å². The number of nitrogens with zero attached hydrogens (tertiary/aromatic N) is 1. The molecule has 1 amide bonds. The van der Waals surface area contributed by atoms with Gasteiger partial charge in [0, 0.05) is 5.69 Å². The first-order valence-electron chi connectivity index (χ1n) is 13.2. The molecule has 0 saturated carbocycles. The van der Waals surface area contributed by atoms with Crippen molar-refractivity contribution in [2.45, 2.75) is 25.8 Å². The summed E-state index contributed by atoms with van der Waals surface area (Å²) >= 11 is 0. The SMILES string of the molecule is C=CCOc1ccc(C2c3c(oc4ccc(F)cc4c3=O)C(=O)N2c2ccc(C(=O)OCCCC)cc2)cc1OC. The topological polar surface area (TPSA) is 95.3 Å². The third-order valence-electron chi connectivity index (χ3n) is 6.80. The second-order valence-electron chi connectivity index (χ2n) is 9.44. The van der Waals surface area contributed by atoms with E-state index in [2.05, 4.69) is 6.58 Å². The van der Waals surface area contributed by atoms with Crippen LogP contribution in [-0.2, 0) is 4.74 Å². The van der Waals surface area contributed by atoms with Crippen LogP contribution in [0.3, 0.4) is 0 Å². The largest absolute Gasteiger partial charge is 0.493 e. The lowest BCUT2D eigenvalue weighted by molar-refractivity contribution is 0.0499. The van der Waals surface area contributed by atoms with Crippen LogP contribution in [0.2, 0.25) is 0 Å². The third kappa shape index (κ3) is 5.18. The van der Waals surface area contributed by atoms with Crippen LogP contribution in [0.5, 0.6) is 11.5 Å². The predicted molar refractivity (Wildman–Crippen MR) is 151 cm³/mol. The first-order valence-corrected chi connectivity index (χ1v) is 13.2. The van der Waals surface area contributed by atoms with Crippen molar-refractivity contribution in [1.82, 2.24) is 0 Å². The Bertz CT molecular complexity index is 1690. The zero-order valence-corrected chi connectivity index (χ0v) is 22.6. The molecule has 0 bridgehead atoms. The van der Waals surface area contributed by atoms with E-state index in [1.807, 2.05) is 6.92 Å². The van der Waals surface area contributed by atoms with Gasteiger partial charge in [0.25, 0.3) is 5.91 Å². The summed E-state index contributed by atoms with van der Waals surface area (Å²) in [7, 11) is 1.48. The molecule has 2 heterocycles. The molecule has 0 N–H and O–H groups in total. The van der Waals surface area contributed by atoms with Gasteiger partial charge in [-0.3, -0.25) is 14.5 Å². The van der Waals surface area contributed by atoms with Crippen LogP contribution in [0, 0.1) is 5.82 Å². The quantitative estimate of drug-likeness (QED) is 0.130. The van der Waals surface area contributed by atoms with Gasteiger partial charge in [-0.05, 0) is 66.6 Å². The molecular weight excluding hydrogens is 529 g/mol. The van der Waals surface area contributed by atoms with Gasteiger partial charge in [0.1, 0.15) is 18.0 Å². The fraction of sp³-hybridized carbons (Fsp3) is 0.219. The zero-order valence-electron chi connectivity index (χ0n) is 22.6. The normalized spacial score (nSPS) is 14.2. The molecule has 1 atom stereocenters. The van der Waals surface area contributed by atoms with Gasteiger partial charge in [-0.2, -0.15) is 0 Å². The van der Waals surface area contributed by atoms with Crippen LogP contribution in [0.25, 0.3) is 11.0 Å². The average Bonchev–Trinajstić information content (AvgIpc) is 3.28. The minimum absolute atomic E-state index is 0.0199. The summed E-state index contributed by atoms with van der Waals surface area (Å²) in [4.78, 5) is 41.5. The van der Waals surface area contributed by atoms with E-state index in [1.54, 1.807) is 48.5 Å². The minimum Gasteiger partial charge on any atom is -0.493 e. The summed E-state index contributed by atoms with van der Waals surface area (Å²) in [5, 5.41) is 0.0199. The molecule has 5 rings (SSSR count). The Labute approximate surface area is 235 Å². The molecule has 210 valence electrons. The Morgan fingerprint density at radius 1 is 1.07 bits per heavy atom. The van der Waals surface area contributed by atoms with Crippen molar-refractivity contribution in [3.63, 3.8) is 0 Å². The Morgan fingerprint density at radius 3 is 2.56 bits per heavy atom. The molecule has 1 aliphatic rings. The van der Waals surface area contributed by atoms with Crippen LogP contribution in [0.4, 0.5) is 10.1 Å². The van der Waals surface area contributed by atoms with Crippen LogP contribution in [0.15, 0.2) is 82.5 Å². The van der Waals surface area contributed by atoms with E-state index in [0.717, 1.165) is 25.0 Å². The van der Waals surface area contributed by atoms with Crippen molar-refractivity contribution >= 4 is 28.5 Å². The number of carbonyl (C=O) groups excluding carboxylic acids is 2. The molecule has 0 saturated heterocycles. The van der Waals surface area contributed by atoms with E-state index in [1.165, 1.54) is 18.1 Å². The smallest absolute Gasteiger partial charge is 0.338 e.